The maximum atomic E-state index is 11.8. The summed E-state index contributed by atoms with van der Waals surface area (Å²) >= 11 is 3.46. The van der Waals surface area contributed by atoms with Gasteiger partial charge in [-0.1, -0.05) is 29.8 Å². The lowest BCUT2D eigenvalue weighted by Gasteiger charge is -2.10. The predicted octanol–water partition coefficient (Wildman–Crippen LogP) is 3.96. The van der Waals surface area contributed by atoms with E-state index in [0.29, 0.717) is 5.56 Å². The molecule has 2 rings (SSSR count). The summed E-state index contributed by atoms with van der Waals surface area (Å²) in [6.07, 6.45) is 1.78. The first-order valence-electron chi connectivity index (χ1n) is 6.45. The van der Waals surface area contributed by atoms with E-state index in [1.807, 2.05) is 22.9 Å². The van der Waals surface area contributed by atoms with Crippen LogP contribution in [0.5, 0.6) is 0 Å². The molecule has 3 nitrogen and oxygen atoms in total. The van der Waals surface area contributed by atoms with Crippen molar-refractivity contribution in [2.24, 2.45) is 0 Å². The van der Waals surface area contributed by atoms with Gasteiger partial charge in [-0.15, -0.1) is 0 Å². The molecule has 4 heteroatoms. The minimum Gasteiger partial charge on any atom is -0.294 e. The van der Waals surface area contributed by atoms with Crippen LogP contribution in [0.2, 0.25) is 0 Å². The van der Waals surface area contributed by atoms with Crippen molar-refractivity contribution in [3.63, 3.8) is 0 Å². The number of rotatable bonds is 4. The van der Waals surface area contributed by atoms with Crippen LogP contribution < -0.4 is 0 Å². The Morgan fingerprint density at radius 1 is 1.26 bits per heavy atom. The average molecular weight is 321 g/mol. The molecule has 0 atom stereocenters. The molecule has 2 aromatic rings. The molecule has 0 aliphatic carbocycles. The highest BCUT2D eigenvalue weighted by molar-refractivity contribution is 9.10. The molecule has 1 aromatic heterocycles. The fraction of sp³-hybridized carbons (Fsp3) is 0.333. The zero-order valence-electron chi connectivity index (χ0n) is 11.4. The van der Waals surface area contributed by atoms with Gasteiger partial charge in [0.2, 0.25) is 0 Å². The fourth-order valence-electron chi connectivity index (χ4n) is 2.09. The van der Waals surface area contributed by atoms with Gasteiger partial charge in [0.05, 0.1) is 11.4 Å². The Kier molecular flexibility index (Phi) is 4.20. The normalized spacial score (nSPS) is 10.7. The Morgan fingerprint density at radius 3 is 2.58 bits per heavy atom. The monoisotopic (exact) mass is 320 g/mol. The van der Waals surface area contributed by atoms with Gasteiger partial charge in [0.25, 0.3) is 0 Å². The van der Waals surface area contributed by atoms with Gasteiger partial charge in [-0.05, 0) is 44.0 Å². The Bertz CT molecular complexity index is 617. The molecule has 0 amide bonds. The third-order valence-corrected chi connectivity index (χ3v) is 3.62. The molecule has 0 fully saturated rings. The Labute approximate surface area is 121 Å². The van der Waals surface area contributed by atoms with E-state index < -0.39 is 0 Å². The van der Waals surface area contributed by atoms with Gasteiger partial charge < -0.3 is 0 Å². The maximum absolute atomic E-state index is 11.8. The molecule has 1 aromatic carbocycles. The van der Waals surface area contributed by atoms with Crippen LogP contribution >= 0.6 is 15.9 Å². The van der Waals surface area contributed by atoms with E-state index in [1.165, 1.54) is 0 Å². The van der Waals surface area contributed by atoms with Crippen molar-refractivity contribution in [2.45, 2.75) is 33.6 Å². The van der Waals surface area contributed by atoms with E-state index in [1.54, 1.807) is 6.92 Å². The number of aryl methyl sites for hydroxylation is 2. The number of Topliss-reactive ketones (excluding diaryl/α,β-unsaturated/α-hetero) is 1. The lowest BCUT2D eigenvalue weighted by Crippen LogP contribution is -2.08. The number of nitrogens with zero attached hydrogens (tertiary/aromatic N) is 2. The van der Waals surface area contributed by atoms with Crippen molar-refractivity contribution in [1.82, 2.24) is 9.78 Å². The van der Waals surface area contributed by atoms with Crippen molar-refractivity contribution in [3.8, 4) is 5.69 Å². The third kappa shape index (κ3) is 2.78. The molecule has 0 N–H and O–H groups in total. The molecule has 0 aliphatic heterocycles. The maximum Gasteiger partial charge on any atom is 0.161 e. The molecule has 0 bridgehead atoms. The topological polar surface area (TPSA) is 34.9 Å². The van der Waals surface area contributed by atoms with E-state index in [9.17, 15) is 4.79 Å². The van der Waals surface area contributed by atoms with Crippen LogP contribution in [0.1, 0.15) is 42.5 Å². The minimum atomic E-state index is 0.0538. The number of benzene rings is 1. The fourth-order valence-corrected chi connectivity index (χ4v) is 2.43. The van der Waals surface area contributed by atoms with Gasteiger partial charge in [-0.2, -0.15) is 5.10 Å². The van der Waals surface area contributed by atoms with Crippen molar-refractivity contribution in [2.75, 3.05) is 0 Å². The summed E-state index contributed by atoms with van der Waals surface area (Å²) in [4.78, 5) is 11.8. The van der Waals surface area contributed by atoms with Crippen LogP contribution in [0.25, 0.3) is 5.69 Å². The number of ketones is 1. The number of aromatic nitrogens is 2. The third-order valence-electron chi connectivity index (χ3n) is 3.13. The number of hydrogen-bond donors (Lipinski definition) is 0. The SMILES string of the molecule is CCc1cc(CC)n(-c2cc(Br)ccc2C(C)=O)n1. The molecule has 0 spiro atoms. The molecule has 19 heavy (non-hydrogen) atoms. The molecular weight excluding hydrogens is 304 g/mol. The largest absolute Gasteiger partial charge is 0.294 e. The Morgan fingerprint density at radius 2 is 2.00 bits per heavy atom. The van der Waals surface area contributed by atoms with Crippen LogP contribution in [-0.4, -0.2) is 15.6 Å². The van der Waals surface area contributed by atoms with Crippen LogP contribution in [0.15, 0.2) is 28.7 Å². The Balaban J connectivity index is 2.66. The summed E-state index contributed by atoms with van der Waals surface area (Å²) in [7, 11) is 0. The molecule has 0 saturated carbocycles. The van der Waals surface area contributed by atoms with E-state index in [-0.39, 0.29) is 5.78 Å². The van der Waals surface area contributed by atoms with Crippen LogP contribution in [-0.2, 0) is 12.8 Å². The molecule has 100 valence electrons. The van der Waals surface area contributed by atoms with Gasteiger partial charge in [-0.25, -0.2) is 4.68 Å². The lowest BCUT2D eigenvalue weighted by molar-refractivity contribution is 0.101. The highest BCUT2D eigenvalue weighted by Gasteiger charge is 2.14. The summed E-state index contributed by atoms with van der Waals surface area (Å²) in [5.74, 6) is 0.0538. The summed E-state index contributed by atoms with van der Waals surface area (Å²) in [5.41, 5.74) is 3.71. The van der Waals surface area contributed by atoms with Gasteiger partial charge in [0.1, 0.15) is 0 Å². The summed E-state index contributed by atoms with van der Waals surface area (Å²) in [5, 5.41) is 4.60. The summed E-state index contributed by atoms with van der Waals surface area (Å²) in [6.45, 7) is 5.76. The van der Waals surface area contributed by atoms with Crippen LogP contribution in [0.4, 0.5) is 0 Å². The smallest absolute Gasteiger partial charge is 0.161 e. The van der Waals surface area contributed by atoms with Crippen LogP contribution in [0, 0.1) is 0 Å². The first kappa shape index (κ1) is 14.0. The van der Waals surface area contributed by atoms with E-state index in [2.05, 4.69) is 40.9 Å². The van der Waals surface area contributed by atoms with Crippen LogP contribution in [0.3, 0.4) is 0 Å². The minimum absolute atomic E-state index is 0.0538. The number of hydrogen-bond acceptors (Lipinski definition) is 2. The molecule has 1 heterocycles. The lowest BCUT2D eigenvalue weighted by atomic mass is 10.1. The van der Waals surface area contributed by atoms with Gasteiger partial charge in [-0.3, -0.25) is 4.79 Å². The second-order valence-corrected chi connectivity index (χ2v) is 5.38. The van der Waals surface area contributed by atoms with E-state index in [0.717, 1.165) is 34.4 Å². The summed E-state index contributed by atoms with van der Waals surface area (Å²) in [6, 6.07) is 7.78. The molecule has 0 unspecified atom stereocenters. The molecule has 0 saturated heterocycles. The zero-order chi connectivity index (χ0) is 14.0. The molecule has 0 radical (unpaired) electrons. The second-order valence-electron chi connectivity index (χ2n) is 4.46. The van der Waals surface area contributed by atoms with Crippen molar-refractivity contribution in [1.29, 1.82) is 0 Å². The average Bonchev–Trinajstić information content (AvgIpc) is 2.81. The standard InChI is InChI=1S/C15H17BrN2O/c1-4-12-9-13(5-2)18(17-12)15-8-11(16)6-7-14(15)10(3)19/h6-9H,4-5H2,1-3H3. The summed E-state index contributed by atoms with van der Waals surface area (Å²) < 4.78 is 2.84. The molecular formula is C15H17BrN2O. The quantitative estimate of drug-likeness (QED) is 0.799. The zero-order valence-corrected chi connectivity index (χ0v) is 13.0. The molecule has 0 aliphatic rings. The Hall–Kier alpha value is -1.42. The number of halogens is 1. The van der Waals surface area contributed by atoms with E-state index in [4.69, 9.17) is 0 Å². The van der Waals surface area contributed by atoms with E-state index >= 15 is 0 Å². The number of carbonyl (C=O) groups is 1. The highest BCUT2D eigenvalue weighted by Crippen LogP contribution is 2.23. The first-order valence-corrected chi connectivity index (χ1v) is 7.24. The first-order chi connectivity index (χ1) is 9.06. The van der Waals surface area contributed by atoms with Crippen molar-refractivity contribution in [3.05, 3.63) is 45.7 Å². The van der Waals surface area contributed by atoms with Gasteiger partial charge >= 0.3 is 0 Å². The van der Waals surface area contributed by atoms with Gasteiger partial charge in [0.15, 0.2) is 5.78 Å². The predicted molar refractivity (Wildman–Crippen MR) is 80.0 cm³/mol. The second kappa shape index (κ2) is 5.70. The van der Waals surface area contributed by atoms with Crippen molar-refractivity contribution < 1.29 is 4.79 Å². The van der Waals surface area contributed by atoms with Gasteiger partial charge in [0, 0.05) is 15.7 Å². The number of carbonyl (C=O) groups excluding carboxylic acids is 1. The highest BCUT2D eigenvalue weighted by atomic mass is 79.9. The van der Waals surface area contributed by atoms with Crippen molar-refractivity contribution >= 4 is 21.7 Å².